The molecule has 0 bridgehead atoms. The van der Waals surface area contributed by atoms with Gasteiger partial charge in [0.1, 0.15) is 10.8 Å². The van der Waals surface area contributed by atoms with Gasteiger partial charge in [0, 0.05) is 0 Å². The van der Waals surface area contributed by atoms with Crippen molar-refractivity contribution in [3.8, 4) is 5.75 Å². The first-order valence-electron chi connectivity index (χ1n) is 7.45. The Balaban J connectivity index is 3.37. The zero-order valence-corrected chi connectivity index (χ0v) is 16.4. The maximum absolute atomic E-state index is 11.1. The largest absolute Gasteiger partial charge is 0.542 e. The molecule has 0 aliphatic carbocycles. The lowest BCUT2D eigenvalue weighted by Gasteiger charge is -2.42. The second kappa shape index (κ2) is 7.24. The fourth-order valence-corrected chi connectivity index (χ4v) is 9.08. The number of hydrogen-bond acceptors (Lipinski definition) is 2. The van der Waals surface area contributed by atoms with Crippen molar-refractivity contribution in [2.24, 2.45) is 0 Å². The molecule has 3 nitrogen and oxygen atoms in total. The molecule has 0 atom stereocenters. The molecule has 0 aliphatic rings. The Morgan fingerprint density at radius 2 is 1.45 bits per heavy atom. The van der Waals surface area contributed by atoms with Gasteiger partial charge in [-0.15, -0.1) is 0 Å². The standard InChI is InChI=1S/C16H24Cl2O3Si/c1-9(2)22(10(3)4,11(5)6)21-13-8-7-12(16(19)20)14(17)15(13)18/h7-11H,1-6H3,(H,19,20). The van der Waals surface area contributed by atoms with Gasteiger partial charge in [-0.25, -0.2) is 4.79 Å². The fraction of sp³-hybridized carbons (Fsp3) is 0.562. The Labute approximate surface area is 143 Å². The number of aromatic carboxylic acids is 1. The summed E-state index contributed by atoms with van der Waals surface area (Å²) >= 11 is 12.3. The van der Waals surface area contributed by atoms with E-state index in [4.69, 9.17) is 32.7 Å². The van der Waals surface area contributed by atoms with E-state index >= 15 is 0 Å². The minimum absolute atomic E-state index is 0.00933. The number of carboxylic acids is 1. The number of rotatable bonds is 6. The molecule has 0 saturated carbocycles. The highest BCUT2D eigenvalue weighted by Crippen LogP contribution is 2.45. The zero-order valence-electron chi connectivity index (χ0n) is 13.9. The maximum Gasteiger partial charge on any atom is 0.337 e. The quantitative estimate of drug-likeness (QED) is 0.608. The Kier molecular flexibility index (Phi) is 6.36. The van der Waals surface area contributed by atoms with Crippen molar-refractivity contribution < 1.29 is 14.3 Å². The van der Waals surface area contributed by atoms with E-state index in [1.165, 1.54) is 6.07 Å². The summed E-state index contributed by atoms with van der Waals surface area (Å²) in [5.41, 5.74) is 1.16. The van der Waals surface area contributed by atoms with Gasteiger partial charge in [0.05, 0.1) is 10.6 Å². The van der Waals surface area contributed by atoms with Crippen molar-refractivity contribution in [1.82, 2.24) is 0 Å². The molecular weight excluding hydrogens is 339 g/mol. The van der Waals surface area contributed by atoms with Crippen molar-refractivity contribution in [2.75, 3.05) is 0 Å². The lowest BCUT2D eigenvalue weighted by atomic mass is 10.2. The van der Waals surface area contributed by atoms with Gasteiger partial charge in [0.2, 0.25) is 0 Å². The summed E-state index contributed by atoms with van der Waals surface area (Å²) in [6.45, 7) is 13.0. The summed E-state index contributed by atoms with van der Waals surface area (Å²) in [5.74, 6) is -0.613. The van der Waals surface area contributed by atoms with E-state index in [1.807, 2.05) is 0 Å². The maximum atomic E-state index is 11.1. The molecule has 0 radical (unpaired) electrons. The highest BCUT2D eigenvalue weighted by Gasteiger charge is 2.47. The average Bonchev–Trinajstić information content (AvgIpc) is 2.38. The molecule has 6 heteroatoms. The molecule has 0 unspecified atom stereocenters. The van der Waals surface area contributed by atoms with E-state index in [1.54, 1.807) is 6.07 Å². The van der Waals surface area contributed by atoms with Crippen LogP contribution in [0, 0.1) is 0 Å². The summed E-state index contributed by atoms with van der Waals surface area (Å²) in [6, 6.07) is 3.07. The molecule has 0 aliphatic heterocycles. The lowest BCUT2D eigenvalue weighted by molar-refractivity contribution is 0.0697. The molecular formula is C16H24Cl2O3Si. The number of benzene rings is 1. The van der Waals surface area contributed by atoms with Crippen molar-refractivity contribution in [2.45, 2.75) is 58.2 Å². The second-order valence-corrected chi connectivity index (χ2v) is 12.6. The third kappa shape index (κ3) is 3.44. The molecule has 0 aromatic heterocycles. The predicted molar refractivity (Wildman–Crippen MR) is 95.1 cm³/mol. The van der Waals surface area contributed by atoms with Crippen LogP contribution in [0.3, 0.4) is 0 Å². The molecule has 22 heavy (non-hydrogen) atoms. The van der Waals surface area contributed by atoms with Crippen LogP contribution in [0.4, 0.5) is 0 Å². The van der Waals surface area contributed by atoms with E-state index in [0.29, 0.717) is 22.4 Å². The lowest BCUT2D eigenvalue weighted by Crippen LogP contribution is -2.50. The first kappa shape index (κ1) is 19.3. The number of carboxylic acid groups (broad SMARTS) is 1. The SMILES string of the molecule is CC(C)[Si](Oc1ccc(C(=O)O)c(Cl)c1Cl)(C(C)C)C(C)C. The van der Waals surface area contributed by atoms with Crippen LogP contribution < -0.4 is 4.43 Å². The van der Waals surface area contributed by atoms with Crippen LogP contribution in [0.25, 0.3) is 0 Å². The second-order valence-electron chi connectivity index (χ2n) is 6.46. The molecule has 124 valence electrons. The molecule has 0 fully saturated rings. The normalized spacial score (nSPS) is 12.3. The van der Waals surface area contributed by atoms with Gasteiger partial charge >= 0.3 is 5.97 Å². The number of hydrogen-bond donors (Lipinski definition) is 1. The van der Waals surface area contributed by atoms with Gasteiger partial charge in [-0.05, 0) is 28.8 Å². The van der Waals surface area contributed by atoms with Gasteiger partial charge in [-0.2, -0.15) is 0 Å². The Morgan fingerprint density at radius 1 is 1.00 bits per heavy atom. The predicted octanol–water partition coefficient (Wildman–Crippen LogP) is 6.25. The highest BCUT2D eigenvalue weighted by atomic mass is 35.5. The molecule has 0 heterocycles. The zero-order chi connectivity index (χ0) is 17.2. The van der Waals surface area contributed by atoms with Gasteiger partial charge in [0.25, 0.3) is 8.32 Å². The third-order valence-electron chi connectivity index (χ3n) is 4.27. The monoisotopic (exact) mass is 362 g/mol. The first-order chi connectivity index (χ1) is 10.1. The van der Waals surface area contributed by atoms with Crippen LogP contribution in [0.5, 0.6) is 5.75 Å². The Hall–Kier alpha value is -0.713. The molecule has 1 aromatic rings. The van der Waals surface area contributed by atoms with Gasteiger partial charge < -0.3 is 9.53 Å². The van der Waals surface area contributed by atoms with Crippen LogP contribution in [0.1, 0.15) is 51.9 Å². The molecule has 1 N–H and O–H groups in total. The minimum Gasteiger partial charge on any atom is -0.542 e. The minimum atomic E-state index is -2.16. The summed E-state index contributed by atoms with van der Waals surface area (Å²) in [7, 11) is -2.16. The van der Waals surface area contributed by atoms with Crippen molar-refractivity contribution in [3.05, 3.63) is 27.7 Å². The summed E-state index contributed by atoms with van der Waals surface area (Å²) in [6.07, 6.45) is 0. The van der Waals surface area contributed by atoms with E-state index in [0.717, 1.165) is 0 Å². The smallest absolute Gasteiger partial charge is 0.337 e. The Bertz CT molecular complexity index is 535. The van der Waals surface area contributed by atoms with Crippen molar-refractivity contribution >= 4 is 37.5 Å². The number of carbonyl (C=O) groups is 1. The van der Waals surface area contributed by atoms with Crippen LogP contribution in [0.2, 0.25) is 26.7 Å². The summed E-state index contributed by atoms with van der Waals surface area (Å²) in [5, 5.41) is 9.32. The molecule has 0 amide bonds. The number of halogens is 2. The van der Waals surface area contributed by atoms with Crippen LogP contribution in [0.15, 0.2) is 12.1 Å². The van der Waals surface area contributed by atoms with Gasteiger partial charge in [0.15, 0.2) is 0 Å². The van der Waals surface area contributed by atoms with Gasteiger partial charge in [-0.1, -0.05) is 64.7 Å². The van der Waals surface area contributed by atoms with E-state index in [9.17, 15) is 4.79 Å². The van der Waals surface area contributed by atoms with E-state index in [2.05, 4.69) is 41.5 Å². The first-order valence-corrected chi connectivity index (χ1v) is 10.4. The van der Waals surface area contributed by atoms with Crippen LogP contribution in [-0.4, -0.2) is 19.4 Å². The van der Waals surface area contributed by atoms with Crippen molar-refractivity contribution in [3.63, 3.8) is 0 Å². The van der Waals surface area contributed by atoms with E-state index in [-0.39, 0.29) is 15.6 Å². The third-order valence-corrected chi connectivity index (χ3v) is 11.1. The fourth-order valence-electron chi connectivity index (χ4n) is 3.32. The van der Waals surface area contributed by atoms with Gasteiger partial charge in [-0.3, -0.25) is 0 Å². The molecule has 0 saturated heterocycles. The Morgan fingerprint density at radius 3 is 1.82 bits per heavy atom. The summed E-state index contributed by atoms with van der Waals surface area (Å²) in [4.78, 5) is 11.1. The van der Waals surface area contributed by atoms with Crippen molar-refractivity contribution in [1.29, 1.82) is 0 Å². The average molecular weight is 363 g/mol. The van der Waals surface area contributed by atoms with Crippen LogP contribution in [-0.2, 0) is 0 Å². The topological polar surface area (TPSA) is 46.5 Å². The summed E-state index contributed by atoms with van der Waals surface area (Å²) < 4.78 is 6.46. The molecule has 1 rings (SSSR count). The molecule has 1 aromatic carbocycles. The van der Waals surface area contributed by atoms with Crippen LogP contribution >= 0.6 is 23.2 Å². The highest BCUT2D eigenvalue weighted by molar-refractivity contribution is 6.78. The molecule has 0 spiro atoms. The van der Waals surface area contributed by atoms with E-state index < -0.39 is 14.3 Å².